The Labute approximate surface area is 194 Å². The van der Waals surface area contributed by atoms with Crippen LogP contribution in [0.5, 0.6) is 0 Å². The second-order valence-electron chi connectivity index (χ2n) is 7.99. The summed E-state index contributed by atoms with van der Waals surface area (Å²) in [6.07, 6.45) is 1.65. The van der Waals surface area contributed by atoms with Gasteiger partial charge >= 0.3 is 0 Å². The molecule has 0 bridgehead atoms. The Morgan fingerprint density at radius 2 is 1.33 bits per heavy atom. The Kier molecular flexibility index (Phi) is 5.52. The third-order valence-electron chi connectivity index (χ3n) is 5.78. The van der Waals surface area contributed by atoms with Gasteiger partial charge in [0.15, 0.2) is 5.84 Å². The Bertz CT molecular complexity index is 1370. The first-order valence-electron chi connectivity index (χ1n) is 10.8. The van der Waals surface area contributed by atoms with E-state index in [-0.39, 0.29) is 4.90 Å². The Morgan fingerprint density at radius 1 is 0.727 bits per heavy atom. The van der Waals surface area contributed by atoms with Crippen LogP contribution in [-0.2, 0) is 10.0 Å². The average molecular weight is 454 g/mol. The summed E-state index contributed by atoms with van der Waals surface area (Å²) >= 11 is 0. The quantitative estimate of drug-likeness (QED) is 0.411. The zero-order chi connectivity index (χ0) is 22.8. The highest BCUT2D eigenvalue weighted by atomic mass is 32.2. The van der Waals surface area contributed by atoms with Gasteiger partial charge in [0.1, 0.15) is 11.7 Å². The molecule has 2 heterocycles. The van der Waals surface area contributed by atoms with Crippen molar-refractivity contribution < 1.29 is 8.42 Å². The van der Waals surface area contributed by atoms with Crippen LogP contribution in [0.1, 0.15) is 34.5 Å². The molecule has 0 fully saturated rings. The smallest absolute Gasteiger partial charge is 0.255 e. The van der Waals surface area contributed by atoms with Crippen LogP contribution in [-0.4, -0.2) is 23.5 Å². The number of rotatable bonds is 5. The summed E-state index contributed by atoms with van der Waals surface area (Å²) in [5.41, 5.74) is 3.33. The van der Waals surface area contributed by atoms with E-state index in [0.717, 1.165) is 16.7 Å². The van der Waals surface area contributed by atoms with Gasteiger partial charge in [-0.2, -0.15) is 0 Å². The zero-order valence-electron chi connectivity index (χ0n) is 18.1. The summed E-state index contributed by atoms with van der Waals surface area (Å²) in [7, 11) is -3.93. The largest absolute Gasteiger partial charge is 0.266 e. The Balaban J connectivity index is 1.75. The molecule has 3 aromatic carbocycles. The predicted molar refractivity (Wildman–Crippen MR) is 129 cm³/mol. The van der Waals surface area contributed by atoms with Crippen LogP contribution < -0.4 is 0 Å². The van der Waals surface area contributed by atoms with Crippen LogP contribution in [0.3, 0.4) is 0 Å². The van der Waals surface area contributed by atoms with Crippen LogP contribution in [0.4, 0.5) is 0 Å². The van der Waals surface area contributed by atoms with Gasteiger partial charge < -0.3 is 0 Å². The minimum absolute atomic E-state index is 0.228. The highest BCUT2D eigenvalue weighted by molar-refractivity contribution is 7.89. The third kappa shape index (κ3) is 3.94. The normalized spacial score (nSPS) is 18.2. The molecule has 0 aliphatic carbocycles. The number of sulfonamides is 1. The van der Waals surface area contributed by atoms with Crippen LogP contribution in [0, 0.1) is 6.92 Å². The van der Waals surface area contributed by atoms with Crippen molar-refractivity contribution >= 4 is 15.9 Å². The molecule has 1 aliphatic rings. The van der Waals surface area contributed by atoms with Crippen LogP contribution in [0.2, 0.25) is 0 Å². The van der Waals surface area contributed by atoms with E-state index in [9.17, 15) is 8.42 Å². The minimum Gasteiger partial charge on any atom is -0.255 e. The predicted octanol–water partition coefficient (Wildman–Crippen LogP) is 5.32. The number of benzene rings is 3. The summed E-state index contributed by atoms with van der Waals surface area (Å²) < 4.78 is 29.7. The SMILES string of the molecule is Cc1ccc(S(=O)(=O)N2C(c3ccccn3)=N[C@H](c3ccccc3)[C@@H]2c2ccccc2)cc1. The van der Waals surface area contributed by atoms with E-state index in [4.69, 9.17) is 4.99 Å². The molecule has 1 aromatic heterocycles. The summed E-state index contributed by atoms with van der Waals surface area (Å²) in [6.45, 7) is 1.94. The fourth-order valence-electron chi connectivity index (χ4n) is 4.16. The molecular formula is C27H23N3O2S. The standard InChI is InChI=1S/C27H23N3O2S/c1-20-15-17-23(18-16-20)33(31,32)30-26(22-12-6-3-7-13-22)25(21-10-4-2-5-11-21)29-27(30)24-14-8-9-19-28-24/h2-19,25-26H,1H3/t25-,26+/m1/s1. The molecule has 5 nitrogen and oxygen atoms in total. The van der Waals surface area contributed by atoms with Crippen LogP contribution in [0.25, 0.3) is 0 Å². The molecule has 0 unspecified atom stereocenters. The molecular weight excluding hydrogens is 430 g/mol. The topological polar surface area (TPSA) is 62.6 Å². The number of aliphatic imine (C=N–C) groups is 1. The molecule has 2 atom stereocenters. The maximum absolute atomic E-state index is 14.1. The van der Waals surface area contributed by atoms with Crippen molar-refractivity contribution in [3.8, 4) is 0 Å². The molecule has 0 saturated heterocycles. The fraction of sp³-hybridized carbons (Fsp3) is 0.111. The Morgan fingerprint density at radius 3 is 1.94 bits per heavy atom. The summed E-state index contributed by atoms with van der Waals surface area (Å²) in [4.78, 5) is 9.66. The van der Waals surface area contributed by atoms with Gasteiger partial charge in [0.2, 0.25) is 0 Å². The van der Waals surface area contributed by atoms with E-state index in [2.05, 4.69) is 4.98 Å². The van der Waals surface area contributed by atoms with E-state index in [0.29, 0.717) is 11.5 Å². The fourth-order valence-corrected chi connectivity index (χ4v) is 5.77. The summed E-state index contributed by atoms with van der Waals surface area (Å²) in [6, 6.07) is 30.9. The molecule has 6 heteroatoms. The lowest BCUT2D eigenvalue weighted by Crippen LogP contribution is -2.38. The maximum Gasteiger partial charge on any atom is 0.266 e. The average Bonchev–Trinajstić information content (AvgIpc) is 3.28. The Hall–Kier alpha value is -3.77. The molecule has 0 spiro atoms. The second-order valence-corrected chi connectivity index (χ2v) is 9.81. The lowest BCUT2D eigenvalue weighted by Gasteiger charge is -2.30. The van der Waals surface area contributed by atoms with E-state index in [1.807, 2.05) is 85.8 Å². The van der Waals surface area contributed by atoms with Crippen molar-refractivity contribution in [3.63, 3.8) is 0 Å². The van der Waals surface area contributed by atoms with Gasteiger partial charge in [0.25, 0.3) is 10.0 Å². The van der Waals surface area contributed by atoms with Crippen molar-refractivity contribution in [1.29, 1.82) is 0 Å². The molecule has 1 aliphatic heterocycles. The number of hydrogen-bond acceptors (Lipinski definition) is 4. The number of aromatic nitrogens is 1. The van der Waals surface area contributed by atoms with Gasteiger partial charge in [-0.25, -0.2) is 12.7 Å². The minimum atomic E-state index is -3.93. The number of pyridine rings is 1. The molecule has 5 rings (SSSR count). The van der Waals surface area contributed by atoms with Crippen molar-refractivity contribution in [2.45, 2.75) is 23.9 Å². The number of nitrogens with zero attached hydrogens (tertiary/aromatic N) is 3. The van der Waals surface area contributed by atoms with Gasteiger partial charge in [0.05, 0.1) is 10.9 Å². The number of hydrogen-bond donors (Lipinski definition) is 0. The van der Waals surface area contributed by atoms with Gasteiger partial charge in [-0.3, -0.25) is 9.98 Å². The molecule has 0 N–H and O–H groups in total. The van der Waals surface area contributed by atoms with Crippen molar-refractivity contribution in [3.05, 3.63) is 132 Å². The first-order chi connectivity index (χ1) is 16.1. The van der Waals surface area contributed by atoms with Gasteiger partial charge in [-0.15, -0.1) is 0 Å². The van der Waals surface area contributed by atoms with Crippen molar-refractivity contribution in [2.24, 2.45) is 4.99 Å². The first kappa shape index (κ1) is 21.1. The van der Waals surface area contributed by atoms with E-state index in [1.54, 1.807) is 30.5 Å². The van der Waals surface area contributed by atoms with Gasteiger partial charge in [-0.1, -0.05) is 84.4 Å². The first-order valence-corrected chi connectivity index (χ1v) is 12.2. The van der Waals surface area contributed by atoms with E-state index >= 15 is 0 Å². The highest BCUT2D eigenvalue weighted by Gasteiger charge is 2.45. The molecule has 0 radical (unpaired) electrons. The van der Waals surface area contributed by atoms with Crippen LogP contribution >= 0.6 is 0 Å². The monoisotopic (exact) mass is 453 g/mol. The zero-order valence-corrected chi connectivity index (χ0v) is 18.9. The summed E-state index contributed by atoms with van der Waals surface area (Å²) in [5, 5.41) is 0. The maximum atomic E-state index is 14.1. The highest BCUT2D eigenvalue weighted by Crippen LogP contribution is 2.45. The van der Waals surface area contributed by atoms with Gasteiger partial charge in [0, 0.05) is 6.20 Å². The van der Waals surface area contributed by atoms with Crippen molar-refractivity contribution in [2.75, 3.05) is 0 Å². The van der Waals surface area contributed by atoms with E-state index in [1.165, 1.54) is 4.31 Å². The van der Waals surface area contributed by atoms with Crippen molar-refractivity contribution in [1.82, 2.24) is 9.29 Å². The molecule has 33 heavy (non-hydrogen) atoms. The third-order valence-corrected chi connectivity index (χ3v) is 7.56. The molecule has 0 amide bonds. The lowest BCUT2D eigenvalue weighted by atomic mass is 9.95. The lowest BCUT2D eigenvalue weighted by molar-refractivity contribution is 0.419. The molecule has 4 aromatic rings. The van der Waals surface area contributed by atoms with Gasteiger partial charge in [-0.05, 0) is 42.3 Å². The number of amidine groups is 1. The summed E-state index contributed by atoms with van der Waals surface area (Å²) in [5.74, 6) is 0.346. The second kappa shape index (κ2) is 8.64. The molecule has 164 valence electrons. The van der Waals surface area contributed by atoms with E-state index < -0.39 is 22.1 Å². The van der Waals surface area contributed by atoms with Crippen LogP contribution in [0.15, 0.2) is 119 Å². The molecule has 0 saturated carbocycles. The number of aryl methyl sites for hydroxylation is 1.